The number of carbonyl (C=O) groups is 1. The van der Waals surface area contributed by atoms with Gasteiger partial charge in [0.25, 0.3) is 0 Å². The molecule has 0 spiro atoms. The van der Waals surface area contributed by atoms with Crippen LogP contribution in [-0.2, 0) is 4.79 Å². The van der Waals surface area contributed by atoms with Crippen molar-refractivity contribution in [1.29, 1.82) is 0 Å². The second-order valence-corrected chi connectivity index (χ2v) is 7.06. The Kier molecular flexibility index (Phi) is 3.83. The first-order valence-corrected chi connectivity index (χ1v) is 9.25. The summed E-state index contributed by atoms with van der Waals surface area (Å²) < 4.78 is 0. The molecule has 0 aliphatic carbocycles. The third kappa shape index (κ3) is 2.70. The zero-order valence-corrected chi connectivity index (χ0v) is 15.3. The highest BCUT2D eigenvalue weighted by atomic mass is 16.2. The smallest absolute Gasteiger partial charge is 0.247 e. The largest absolute Gasteiger partial charge is 0.371 e. The van der Waals surface area contributed by atoms with Gasteiger partial charge in [-0.15, -0.1) is 0 Å². The Morgan fingerprint density at radius 2 is 1.79 bits per heavy atom. The number of benzene rings is 2. The number of anilines is 2. The minimum Gasteiger partial charge on any atom is -0.371 e. The number of nitrogens with zero attached hydrogens (tertiary/aromatic N) is 2. The van der Waals surface area contributed by atoms with Crippen LogP contribution in [0.2, 0.25) is 0 Å². The summed E-state index contributed by atoms with van der Waals surface area (Å²) in [6, 6.07) is 17.6. The SMILES string of the molecule is CC(c1ccccc1)C1Nc2cc3c(-c4ccncc4)n[nH]c3cc2NC1=O. The third-order valence-corrected chi connectivity index (χ3v) is 5.33. The van der Waals surface area contributed by atoms with E-state index in [1.54, 1.807) is 12.4 Å². The number of fused-ring (bicyclic) bond motifs is 2. The van der Waals surface area contributed by atoms with Crippen molar-refractivity contribution in [2.75, 3.05) is 10.6 Å². The van der Waals surface area contributed by atoms with E-state index in [-0.39, 0.29) is 17.9 Å². The highest BCUT2D eigenvalue weighted by Crippen LogP contribution is 2.37. The van der Waals surface area contributed by atoms with Crippen LogP contribution in [0.15, 0.2) is 67.0 Å². The first-order chi connectivity index (χ1) is 13.7. The predicted molar refractivity (Wildman–Crippen MR) is 110 cm³/mol. The molecule has 4 aromatic rings. The molecular formula is C22H19N5O. The van der Waals surface area contributed by atoms with Crippen molar-refractivity contribution in [1.82, 2.24) is 15.2 Å². The molecule has 138 valence electrons. The molecule has 6 nitrogen and oxygen atoms in total. The lowest BCUT2D eigenvalue weighted by atomic mass is 9.91. The van der Waals surface area contributed by atoms with Gasteiger partial charge in [-0.1, -0.05) is 37.3 Å². The number of amides is 1. The van der Waals surface area contributed by atoms with E-state index in [2.05, 4.69) is 44.9 Å². The van der Waals surface area contributed by atoms with E-state index in [0.717, 1.165) is 39.1 Å². The summed E-state index contributed by atoms with van der Waals surface area (Å²) in [6.07, 6.45) is 3.51. The molecule has 3 heterocycles. The maximum Gasteiger partial charge on any atom is 0.247 e. The second-order valence-electron chi connectivity index (χ2n) is 7.06. The van der Waals surface area contributed by atoms with Crippen LogP contribution >= 0.6 is 0 Å². The van der Waals surface area contributed by atoms with E-state index in [4.69, 9.17) is 0 Å². The highest BCUT2D eigenvalue weighted by Gasteiger charge is 2.31. The Labute approximate surface area is 162 Å². The molecule has 5 rings (SSSR count). The van der Waals surface area contributed by atoms with E-state index < -0.39 is 0 Å². The Hall–Kier alpha value is -3.67. The maximum atomic E-state index is 12.7. The summed E-state index contributed by atoms with van der Waals surface area (Å²) >= 11 is 0. The highest BCUT2D eigenvalue weighted by molar-refractivity contribution is 6.08. The van der Waals surface area contributed by atoms with Gasteiger partial charge in [-0.25, -0.2) is 0 Å². The van der Waals surface area contributed by atoms with Gasteiger partial charge in [0.2, 0.25) is 5.91 Å². The van der Waals surface area contributed by atoms with Gasteiger partial charge in [-0.3, -0.25) is 14.9 Å². The van der Waals surface area contributed by atoms with E-state index >= 15 is 0 Å². The molecule has 0 saturated carbocycles. The predicted octanol–water partition coefficient (Wildman–Crippen LogP) is 4.16. The summed E-state index contributed by atoms with van der Waals surface area (Å²) in [5.41, 5.74) is 5.53. The van der Waals surface area contributed by atoms with Crippen LogP contribution in [0.4, 0.5) is 11.4 Å². The van der Waals surface area contributed by atoms with Crippen LogP contribution in [0, 0.1) is 0 Å². The average molecular weight is 369 g/mol. The summed E-state index contributed by atoms with van der Waals surface area (Å²) in [4.78, 5) is 16.8. The zero-order valence-electron chi connectivity index (χ0n) is 15.3. The van der Waals surface area contributed by atoms with Crippen LogP contribution in [0.3, 0.4) is 0 Å². The molecule has 2 aromatic heterocycles. The van der Waals surface area contributed by atoms with Crippen molar-refractivity contribution >= 4 is 28.2 Å². The molecule has 6 heteroatoms. The maximum absolute atomic E-state index is 12.7. The molecule has 1 aliphatic heterocycles. The van der Waals surface area contributed by atoms with Gasteiger partial charge in [0, 0.05) is 29.3 Å². The fraction of sp³-hybridized carbons (Fsp3) is 0.136. The number of pyridine rings is 1. The van der Waals surface area contributed by atoms with Gasteiger partial charge in [-0.05, 0) is 29.8 Å². The molecule has 1 amide bonds. The minimum atomic E-state index is -0.344. The molecule has 0 fully saturated rings. The van der Waals surface area contributed by atoms with E-state index in [1.165, 1.54) is 0 Å². The normalized spacial score (nSPS) is 16.9. The van der Waals surface area contributed by atoms with E-state index in [0.29, 0.717) is 0 Å². The van der Waals surface area contributed by atoms with Crippen LogP contribution in [0.1, 0.15) is 18.4 Å². The Balaban J connectivity index is 1.54. The molecule has 1 aliphatic rings. The van der Waals surface area contributed by atoms with Crippen molar-refractivity contribution in [3.05, 3.63) is 72.6 Å². The van der Waals surface area contributed by atoms with Crippen molar-refractivity contribution < 1.29 is 4.79 Å². The lowest BCUT2D eigenvalue weighted by Gasteiger charge is -2.31. The lowest BCUT2D eigenvalue weighted by Crippen LogP contribution is -2.42. The summed E-state index contributed by atoms with van der Waals surface area (Å²) in [5.74, 6) is 0.00569. The fourth-order valence-electron chi connectivity index (χ4n) is 3.76. The molecule has 0 saturated heterocycles. The molecule has 28 heavy (non-hydrogen) atoms. The Morgan fingerprint density at radius 1 is 1.00 bits per heavy atom. The topological polar surface area (TPSA) is 82.7 Å². The van der Waals surface area contributed by atoms with Gasteiger partial charge in [0.15, 0.2) is 0 Å². The van der Waals surface area contributed by atoms with Gasteiger partial charge in [-0.2, -0.15) is 5.10 Å². The number of nitrogens with one attached hydrogen (secondary N) is 3. The molecule has 0 bridgehead atoms. The van der Waals surface area contributed by atoms with Gasteiger partial charge in [0.1, 0.15) is 11.7 Å². The molecule has 2 atom stereocenters. The molecule has 3 N–H and O–H groups in total. The van der Waals surface area contributed by atoms with E-state index in [1.807, 2.05) is 42.5 Å². The van der Waals surface area contributed by atoms with Crippen LogP contribution in [0.25, 0.3) is 22.2 Å². The average Bonchev–Trinajstić information content (AvgIpc) is 3.15. The zero-order chi connectivity index (χ0) is 19.1. The molecular weight excluding hydrogens is 350 g/mol. The van der Waals surface area contributed by atoms with E-state index in [9.17, 15) is 4.79 Å². The van der Waals surface area contributed by atoms with Crippen LogP contribution in [-0.4, -0.2) is 27.1 Å². The number of hydrogen-bond acceptors (Lipinski definition) is 4. The number of carbonyl (C=O) groups excluding carboxylic acids is 1. The monoisotopic (exact) mass is 369 g/mol. The first-order valence-electron chi connectivity index (χ1n) is 9.25. The fourth-order valence-corrected chi connectivity index (χ4v) is 3.76. The molecule has 0 radical (unpaired) electrons. The number of aromatic amines is 1. The third-order valence-electron chi connectivity index (χ3n) is 5.33. The summed E-state index contributed by atoms with van der Waals surface area (Å²) in [6.45, 7) is 2.07. The second kappa shape index (κ2) is 6.49. The first kappa shape index (κ1) is 16.5. The number of aromatic nitrogens is 3. The summed E-state index contributed by atoms with van der Waals surface area (Å²) in [5, 5.41) is 15.0. The lowest BCUT2D eigenvalue weighted by molar-refractivity contribution is -0.117. The molecule has 2 aromatic carbocycles. The standard InChI is InChI=1S/C22H19N5O/c1-13(14-5-3-2-4-6-14)20-22(28)25-19-12-17-16(11-18(19)24-20)21(27-26-17)15-7-9-23-10-8-15/h2-13,20,24H,1H3,(H,25,28)(H,26,27). The Morgan fingerprint density at radius 3 is 2.57 bits per heavy atom. The number of H-pyrrole nitrogens is 1. The van der Waals surface area contributed by atoms with Crippen molar-refractivity contribution in [2.24, 2.45) is 0 Å². The summed E-state index contributed by atoms with van der Waals surface area (Å²) in [7, 11) is 0. The van der Waals surface area contributed by atoms with Crippen molar-refractivity contribution in [2.45, 2.75) is 18.9 Å². The van der Waals surface area contributed by atoms with Crippen molar-refractivity contribution in [3.63, 3.8) is 0 Å². The Bertz CT molecular complexity index is 1150. The molecule has 2 unspecified atom stereocenters. The quantitative estimate of drug-likeness (QED) is 0.506. The number of hydrogen-bond donors (Lipinski definition) is 3. The van der Waals surface area contributed by atoms with Gasteiger partial charge < -0.3 is 10.6 Å². The van der Waals surface area contributed by atoms with Gasteiger partial charge >= 0.3 is 0 Å². The number of rotatable bonds is 3. The van der Waals surface area contributed by atoms with Crippen LogP contribution in [0.5, 0.6) is 0 Å². The van der Waals surface area contributed by atoms with Crippen LogP contribution < -0.4 is 10.6 Å². The van der Waals surface area contributed by atoms with Crippen molar-refractivity contribution in [3.8, 4) is 11.3 Å². The minimum absolute atomic E-state index is 0.0305. The van der Waals surface area contributed by atoms with Gasteiger partial charge in [0.05, 0.1) is 16.9 Å².